The fourth-order valence-corrected chi connectivity index (χ4v) is 3.35. The molecule has 0 radical (unpaired) electrons. The average Bonchev–Trinajstić information content (AvgIpc) is 3.16. The highest BCUT2D eigenvalue weighted by Gasteiger charge is 2.19. The summed E-state index contributed by atoms with van der Waals surface area (Å²) >= 11 is 7.10. The van der Waals surface area contributed by atoms with Gasteiger partial charge in [0.2, 0.25) is 11.8 Å². The molecule has 0 unspecified atom stereocenters. The van der Waals surface area contributed by atoms with E-state index in [0.29, 0.717) is 34.6 Å². The molecule has 0 aliphatic carbocycles. The van der Waals surface area contributed by atoms with Gasteiger partial charge in [0.25, 0.3) is 5.91 Å². The number of anilines is 1. The molecule has 0 bridgehead atoms. The lowest BCUT2D eigenvalue weighted by Crippen LogP contribution is -2.40. The Bertz CT molecular complexity index is 857. The molecule has 1 aromatic carbocycles. The van der Waals surface area contributed by atoms with Gasteiger partial charge in [0.15, 0.2) is 5.13 Å². The third-order valence-electron chi connectivity index (χ3n) is 3.99. The Hall–Kier alpha value is -2.49. The van der Waals surface area contributed by atoms with Crippen LogP contribution in [0, 0.1) is 0 Å². The molecule has 0 aliphatic rings. The van der Waals surface area contributed by atoms with E-state index in [-0.39, 0.29) is 37.2 Å². The first-order chi connectivity index (χ1) is 14.4. The van der Waals surface area contributed by atoms with Gasteiger partial charge in [-0.3, -0.25) is 14.4 Å². The van der Waals surface area contributed by atoms with E-state index in [0.717, 1.165) is 6.42 Å². The van der Waals surface area contributed by atoms with Crippen molar-refractivity contribution in [1.29, 1.82) is 0 Å². The van der Waals surface area contributed by atoms with Crippen LogP contribution in [0.1, 0.15) is 29.4 Å². The number of methoxy groups -OCH3 is 1. The average molecular weight is 453 g/mol. The zero-order chi connectivity index (χ0) is 21.9. The smallest absolute Gasteiger partial charge is 0.254 e. The minimum Gasteiger partial charge on any atom is -0.383 e. The Morgan fingerprint density at radius 1 is 1.20 bits per heavy atom. The van der Waals surface area contributed by atoms with E-state index in [4.69, 9.17) is 16.3 Å². The minimum absolute atomic E-state index is 0.112. The monoisotopic (exact) mass is 452 g/mol. The molecular weight excluding hydrogens is 428 g/mol. The predicted molar refractivity (Wildman–Crippen MR) is 117 cm³/mol. The summed E-state index contributed by atoms with van der Waals surface area (Å²) in [7, 11) is 1.53. The molecule has 0 aliphatic heterocycles. The van der Waals surface area contributed by atoms with Crippen LogP contribution >= 0.6 is 22.9 Å². The van der Waals surface area contributed by atoms with Gasteiger partial charge in [0, 0.05) is 36.2 Å². The molecule has 3 amide bonds. The second-order valence-electron chi connectivity index (χ2n) is 6.45. The molecule has 2 aromatic rings. The van der Waals surface area contributed by atoms with E-state index in [1.165, 1.54) is 23.3 Å². The summed E-state index contributed by atoms with van der Waals surface area (Å²) in [5, 5.41) is 8.09. The number of halogens is 1. The predicted octanol–water partition coefficient (Wildman–Crippen LogP) is 2.59. The standard InChI is InChI=1S/C20H25ClN4O4S/c1-3-8-22-17(26)11-16-13-30-20(23-16)24-18(27)12-25(9-10-29-2)19(28)14-4-6-15(21)7-5-14/h4-7,13H,3,8-12H2,1-2H3,(H,22,26)(H,23,24,27). The number of aromatic nitrogens is 1. The molecule has 0 fully saturated rings. The number of nitrogens with zero attached hydrogens (tertiary/aromatic N) is 2. The van der Waals surface area contributed by atoms with Crippen LogP contribution in [0.4, 0.5) is 5.13 Å². The van der Waals surface area contributed by atoms with Gasteiger partial charge >= 0.3 is 0 Å². The van der Waals surface area contributed by atoms with Crippen LogP contribution < -0.4 is 10.6 Å². The first kappa shape index (κ1) is 23.8. The molecule has 1 heterocycles. The first-order valence-corrected chi connectivity index (χ1v) is 10.7. The van der Waals surface area contributed by atoms with Gasteiger partial charge < -0.3 is 20.3 Å². The fraction of sp³-hybridized carbons (Fsp3) is 0.400. The van der Waals surface area contributed by atoms with Crippen LogP contribution in [0.5, 0.6) is 0 Å². The lowest BCUT2D eigenvalue weighted by atomic mass is 10.2. The Kier molecular flexibility index (Phi) is 9.72. The lowest BCUT2D eigenvalue weighted by Gasteiger charge is -2.21. The lowest BCUT2D eigenvalue weighted by molar-refractivity contribution is -0.120. The maximum Gasteiger partial charge on any atom is 0.254 e. The van der Waals surface area contributed by atoms with Crippen molar-refractivity contribution < 1.29 is 19.1 Å². The summed E-state index contributed by atoms with van der Waals surface area (Å²) in [6, 6.07) is 6.46. The summed E-state index contributed by atoms with van der Waals surface area (Å²) in [6.07, 6.45) is 1.01. The van der Waals surface area contributed by atoms with Gasteiger partial charge in [-0.05, 0) is 30.7 Å². The van der Waals surface area contributed by atoms with Crippen LogP contribution in [-0.2, 0) is 20.7 Å². The second-order valence-corrected chi connectivity index (χ2v) is 7.74. The third kappa shape index (κ3) is 7.74. The van der Waals surface area contributed by atoms with Crippen molar-refractivity contribution in [2.75, 3.05) is 38.7 Å². The van der Waals surface area contributed by atoms with Gasteiger partial charge in [-0.1, -0.05) is 18.5 Å². The number of hydrogen-bond donors (Lipinski definition) is 2. The van der Waals surface area contributed by atoms with E-state index >= 15 is 0 Å². The summed E-state index contributed by atoms with van der Waals surface area (Å²) in [5.74, 6) is -0.796. The van der Waals surface area contributed by atoms with E-state index in [9.17, 15) is 14.4 Å². The number of hydrogen-bond acceptors (Lipinski definition) is 6. The molecule has 0 saturated carbocycles. The molecule has 2 N–H and O–H groups in total. The zero-order valence-electron chi connectivity index (χ0n) is 16.9. The van der Waals surface area contributed by atoms with Gasteiger partial charge in [0.1, 0.15) is 6.54 Å². The maximum atomic E-state index is 12.8. The fourth-order valence-electron chi connectivity index (χ4n) is 2.50. The Labute approximate surface area is 184 Å². The molecule has 10 heteroatoms. The van der Waals surface area contributed by atoms with Gasteiger partial charge in [0.05, 0.1) is 18.7 Å². The van der Waals surface area contributed by atoms with Crippen LogP contribution in [0.25, 0.3) is 0 Å². The number of amides is 3. The Balaban J connectivity index is 1.96. The molecule has 0 saturated heterocycles. The summed E-state index contributed by atoms with van der Waals surface area (Å²) < 4.78 is 5.05. The van der Waals surface area contributed by atoms with Crippen LogP contribution in [0.15, 0.2) is 29.6 Å². The largest absolute Gasteiger partial charge is 0.383 e. The van der Waals surface area contributed by atoms with Gasteiger partial charge in [-0.25, -0.2) is 4.98 Å². The summed E-state index contributed by atoms with van der Waals surface area (Å²) in [5.41, 5.74) is 1.01. The Morgan fingerprint density at radius 3 is 2.60 bits per heavy atom. The number of rotatable bonds is 11. The van der Waals surface area contributed by atoms with E-state index in [2.05, 4.69) is 15.6 Å². The highest BCUT2D eigenvalue weighted by atomic mass is 35.5. The van der Waals surface area contributed by atoms with Crippen LogP contribution in [0.2, 0.25) is 5.02 Å². The third-order valence-corrected chi connectivity index (χ3v) is 5.05. The topological polar surface area (TPSA) is 101 Å². The second kappa shape index (κ2) is 12.3. The van der Waals surface area contributed by atoms with Crippen molar-refractivity contribution in [3.63, 3.8) is 0 Å². The zero-order valence-corrected chi connectivity index (χ0v) is 18.5. The highest BCUT2D eigenvalue weighted by molar-refractivity contribution is 7.13. The van der Waals surface area contributed by atoms with Gasteiger partial charge in [-0.15, -0.1) is 11.3 Å². The van der Waals surface area contributed by atoms with Crippen molar-refractivity contribution in [2.45, 2.75) is 19.8 Å². The summed E-state index contributed by atoms with van der Waals surface area (Å²) in [4.78, 5) is 42.7. The van der Waals surface area contributed by atoms with Gasteiger partial charge in [-0.2, -0.15) is 0 Å². The molecule has 30 heavy (non-hydrogen) atoms. The molecule has 8 nitrogen and oxygen atoms in total. The molecule has 0 atom stereocenters. The number of carbonyl (C=O) groups excluding carboxylic acids is 3. The number of carbonyl (C=O) groups is 3. The number of thiazole rings is 1. The van der Waals surface area contributed by atoms with E-state index < -0.39 is 0 Å². The quantitative estimate of drug-likeness (QED) is 0.545. The summed E-state index contributed by atoms with van der Waals surface area (Å²) in [6.45, 7) is 2.99. The van der Waals surface area contributed by atoms with E-state index in [1.807, 2.05) is 6.92 Å². The van der Waals surface area contributed by atoms with Crippen LogP contribution in [-0.4, -0.2) is 61.0 Å². The maximum absolute atomic E-state index is 12.8. The normalized spacial score (nSPS) is 10.5. The molecule has 162 valence electrons. The number of nitrogens with one attached hydrogen (secondary N) is 2. The van der Waals surface area contributed by atoms with Crippen molar-refractivity contribution in [1.82, 2.24) is 15.2 Å². The number of benzene rings is 1. The Morgan fingerprint density at radius 2 is 1.93 bits per heavy atom. The highest BCUT2D eigenvalue weighted by Crippen LogP contribution is 2.16. The minimum atomic E-state index is -0.384. The van der Waals surface area contributed by atoms with Crippen molar-refractivity contribution >= 4 is 45.8 Å². The van der Waals surface area contributed by atoms with Crippen molar-refractivity contribution in [3.05, 3.63) is 45.9 Å². The SMILES string of the molecule is CCCNC(=O)Cc1csc(NC(=O)CN(CCOC)C(=O)c2ccc(Cl)cc2)n1. The molecule has 0 spiro atoms. The molecule has 1 aromatic heterocycles. The molecular formula is C20H25ClN4O4S. The van der Waals surface area contributed by atoms with Crippen molar-refractivity contribution in [3.8, 4) is 0 Å². The van der Waals surface area contributed by atoms with Crippen LogP contribution in [0.3, 0.4) is 0 Å². The van der Waals surface area contributed by atoms with E-state index in [1.54, 1.807) is 29.6 Å². The number of ether oxygens (including phenoxy) is 1. The first-order valence-electron chi connectivity index (χ1n) is 9.47. The van der Waals surface area contributed by atoms with Crippen molar-refractivity contribution in [2.24, 2.45) is 0 Å². The molecule has 2 rings (SSSR count).